The molecule has 1 aliphatic rings. The van der Waals surface area contributed by atoms with Crippen molar-refractivity contribution in [2.75, 3.05) is 6.26 Å². The number of aromatic nitrogens is 1. The van der Waals surface area contributed by atoms with Gasteiger partial charge in [0.2, 0.25) is 8.24 Å². The molecule has 0 saturated carbocycles. The van der Waals surface area contributed by atoms with E-state index in [4.69, 9.17) is 16.3 Å². The highest BCUT2D eigenvalue weighted by Gasteiger charge is 2.38. The predicted molar refractivity (Wildman–Crippen MR) is 101 cm³/mol. The minimum absolute atomic E-state index is 0.311. The molecule has 1 aromatic heterocycles. The lowest BCUT2D eigenvalue weighted by Gasteiger charge is -2.29. The molecule has 0 bridgehead atoms. The Morgan fingerprint density at radius 3 is 2.25 bits per heavy atom. The van der Waals surface area contributed by atoms with Crippen LogP contribution in [0.25, 0.3) is 0 Å². The van der Waals surface area contributed by atoms with E-state index in [1.54, 1.807) is 18.3 Å². The van der Waals surface area contributed by atoms with Crippen molar-refractivity contribution in [3.05, 3.63) is 59.4 Å². The van der Waals surface area contributed by atoms with Crippen molar-refractivity contribution in [2.24, 2.45) is 4.66 Å². The third-order valence-corrected chi connectivity index (χ3v) is 9.43. The van der Waals surface area contributed by atoms with Gasteiger partial charge in [-0.05, 0) is 41.5 Å². The molecular weight excluding hydrogens is 360 g/mol. The minimum atomic E-state index is -3.22. The van der Waals surface area contributed by atoms with E-state index in [1.165, 1.54) is 6.26 Å². The van der Waals surface area contributed by atoms with Gasteiger partial charge < -0.3 is 4.66 Å². The third-order valence-electron chi connectivity index (χ3n) is 4.15. The van der Waals surface area contributed by atoms with E-state index in [2.05, 4.69) is 11.1 Å². The average molecular weight is 377 g/mol. The van der Waals surface area contributed by atoms with Gasteiger partial charge in [-0.3, -0.25) is 4.98 Å². The quantitative estimate of drug-likeness (QED) is 0.770. The van der Waals surface area contributed by atoms with Gasteiger partial charge in [-0.15, -0.1) is 0 Å². The minimum Gasteiger partial charge on any atom is -0.316 e. The van der Waals surface area contributed by atoms with Crippen LogP contribution in [0.1, 0.15) is 5.69 Å². The van der Waals surface area contributed by atoms with Gasteiger partial charge in [-0.25, -0.2) is 8.42 Å². The van der Waals surface area contributed by atoms with Gasteiger partial charge in [0.25, 0.3) is 0 Å². The number of benzene rings is 1. The van der Waals surface area contributed by atoms with Crippen LogP contribution < -0.4 is 10.4 Å². The lowest BCUT2D eigenvalue weighted by atomic mass is 10.4. The third kappa shape index (κ3) is 3.22. The van der Waals surface area contributed by atoms with E-state index in [1.807, 2.05) is 37.4 Å². The van der Waals surface area contributed by atoms with E-state index in [-0.39, 0.29) is 0 Å². The van der Waals surface area contributed by atoms with Crippen molar-refractivity contribution >= 4 is 46.3 Å². The normalized spacial score (nSPS) is 20.7. The lowest BCUT2D eigenvalue weighted by molar-refractivity contribution is 0.602. The van der Waals surface area contributed by atoms with E-state index < -0.39 is 18.1 Å². The van der Waals surface area contributed by atoms with Crippen LogP contribution in [0.4, 0.5) is 0 Å². The summed E-state index contributed by atoms with van der Waals surface area (Å²) in [5, 5.41) is 2.75. The molecular formula is C17H17ClN2O2SSi. The Hall–Kier alpha value is -1.76. The number of pyridine rings is 1. The molecule has 2 heterocycles. The second-order valence-electron chi connectivity index (χ2n) is 5.90. The molecule has 0 N–H and O–H groups in total. The summed E-state index contributed by atoms with van der Waals surface area (Å²) in [5.41, 5.74) is 0.948. The summed E-state index contributed by atoms with van der Waals surface area (Å²) in [4.78, 5) is 4.72. The smallest absolute Gasteiger partial charge is 0.247 e. The molecule has 0 spiro atoms. The Kier molecular flexibility index (Phi) is 4.46. The maximum Gasteiger partial charge on any atom is 0.247 e. The Bertz CT molecular complexity index is 922. The number of hydrogen-bond acceptors (Lipinski definition) is 4. The van der Waals surface area contributed by atoms with Crippen molar-refractivity contribution in [1.29, 1.82) is 0 Å². The number of hydrogen-bond donors (Lipinski definition) is 0. The van der Waals surface area contributed by atoms with Gasteiger partial charge in [0.15, 0.2) is 9.84 Å². The molecule has 0 amide bonds. The van der Waals surface area contributed by atoms with Crippen molar-refractivity contribution < 1.29 is 8.42 Å². The fraction of sp³-hybridized carbons (Fsp3) is 0.176. The first kappa shape index (κ1) is 17.1. The number of aryl methyl sites for hydroxylation is 1. The molecule has 1 aromatic carbocycles. The topological polar surface area (TPSA) is 59.4 Å². The van der Waals surface area contributed by atoms with Crippen LogP contribution in [0.3, 0.4) is 0 Å². The van der Waals surface area contributed by atoms with Crippen LogP contribution in [-0.2, 0) is 9.84 Å². The summed E-state index contributed by atoms with van der Waals surface area (Å²) >= 11 is 6.07. The standard InChI is InChI=1S/C17H17ClN2O2SSi/c1-13-3-6-17(12-19-13)24(10-9-14(18)11-20-24)16-7-4-15(5-8-16)23(2,21)22/h3-9,11-12H,10H2,1-2H3. The summed E-state index contributed by atoms with van der Waals surface area (Å²) in [7, 11) is -5.65. The highest BCUT2D eigenvalue weighted by atomic mass is 35.5. The Balaban J connectivity index is 2.13. The number of halogens is 1. The van der Waals surface area contributed by atoms with Crippen molar-refractivity contribution in [2.45, 2.75) is 17.9 Å². The van der Waals surface area contributed by atoms with Gasteiger partial charge >= 0.3 is 0 Å². The van der Waals surface area contributed by atoms with Gasteiger partial charge in [-0.2, -0.15) is 0 Å². The van der Waals surface area contributed by atoms with E-state index in [9.17, 15) is 8.42 Å². The average Bonchev–Trinajstić information content (AvgIpc) is 2.56. The number of allylic oxidation sites excluding steroid dienone is 2. The van der Waals surface area contributed by atoms with E-state index in [0.717, 1.165) is 22.1 Å². The first-order valence-corrected chi connectivity index (χ1v) is 11.9. The van der Waals surface area contributed by atoms with Crippen molar-refractivity contribution in [1.82, 2.24) is 4.98 Å². The molecule has 4 nitrogen and oxygen atoms in total. The van der Waals surface area contributed by atoms with Crippen LogP contribution in [0.5, 0.6) is 0 Å². The Morgan fingerprint density at radius 2 is 1.75 bits per heavy atom. The zero-order valence-electron chi connectivity index (χ0n) is 13.4. The monoisotopic (exact) mass is 376 g/mol. The van der Waals surface area contributed by atoms with Gasteiger partial charge in [0, 0.05) is 24.4 Å². The molecule has 1 unspecified atom stereocenters. The first-order valence-electron chi connectivity index (χ1n) is 7.46. The maximum atomic E-state index is 11.7. The summed E-state index contributed by atoms with van der Waals surface area (Å²) in [6.45, 7) is 1.94. The molecule has 7 heteroatoms. The highest BCUT2D eigenvalue weighted by Crippen LogP contribution is 2.21. The molecule has 0 radical (unpaired) electrons. The number of sulfone groups is 1. The lowest BCUT2D eigenvalue weighted by Crippen LogP contribution is -2.57. The molecule has 0 saturated heterocycles. The summed E-state index contributed by atoms with van der Waals surface area (Å²) in [6.07, 6.45) is 6.75. The highest BCUT2D eigenvalue weighted by molar-refractivity contribution is 7.90. The summed E-state index contributed by atoms with van der Waals surface area (Å²) in [5.74, 6) is 0. The molecule has 2 aromatic rings. The van der Waals surface area contributed by atoms with Crippen LogP contribution in [0, 0.1) is 6.92 Å². The van der Waals surface area contributed by atoms with Gasteiger partial charge in [-0.1, -0.05) is 35.9 Å². The van der Waals surface area contributed by atoms with Crippen LogP contribution in [-0.4, -0.2) is 34.1 Å². The SMILES string of the molecule is Cc1ccc([Si]2(c3ccc(S(C)(=O)=O)cc3)CC=C(Cl)C=N2)cn1. The second kappa shape index (κ2) is 6.27. The molecule has 1 aliphatic heterocycles. The number of rotatable bonds is 3. The number of nitrogens with zero attached hydrogens (tertiary/aromatic N) is 2. The molecule has 24 heavy (non-hydrogen) atoms. The van der Waals surface area contributed by atoms with Crippen molar-refractivity contribution in [3.8, 4) is 0 Å². The van der Waals surface area contributed by atoms with Crippen LogP contribution >= 0.6 is 11.6 Å². The molecule has 3 rings (SSSR count). The molecule has 0 fully saturated rings. The van der Waals surface area contributed by atoms with Crippen LogP contribution in [0.15, 0.2) is 63.3 Å². The first-order chi connectivity index (χ1) is 11.3. The Morgan fingerprint density at radius 1 is 1.08 bits per heavy atom. The van der Waals surface area contributed by atoms with E-state index in [0.29, 0.717) is 9.93 Å². The largest absolute Gasteiger partial charge is 0.316 e. The van der Waals surface area contributed by atoms with Crippen LogP contribution in [0.2, 0.25) is 6.04 Å². The zero-order valence-corrected chi connectivity index (χ0v) is 16.0. The molecule has 0 aliphatic carbocycles. The zero-order chi connectivity index (χ0) is 17.4. The fourth-order valence-electron chi connectivity index (χ4n) is 2.76. The maximum absolute atomic E-state index is 11.7. The Labute approximate surface area is 147 Å². The molecule has 1 atom stereocenters. The van der Waals surface area contributed by atoms with Gasteiger partial charge in [0.05, 0.1) is 9.93 Å². The van der Waals surface area contributed by atoms with Crippen molar-refractivity contribution in [3.63, 3.8) is 0 Å². The fourth-order valence-corrected chi connectivity index (χ4v) is 7.17. The summed E-state index contributed by atoms with van der Waals surface area (Å²) in [6, 6.07) is 11.8. The summed E-state index contributed by atoms with van der Waals surface area (Å²) < 4.78 is 28.2. The predicted octanol–water partition coefficient (Wildman–Crippen LogP) is 2.06. The molecule has 124 valence electrons. The van der Waals surface area contributed by atoms with E-state index >= 15 is 0 Å². The van der Waals surface area contributed by atoms with Gasteiger partial charge in [0.1, 0.15) is 0 Å². The second-order valence-corrected chi connectivity index (χ2v) is 11.9.